The number of anilines is 1. The number of thioether (sulfide) groups is 1. The first-order chi connectivity index (χ1) is 11.8. The van der Waals surface area contributed by atoms with Crippen LogP contribution in [0.25, 0.3) is 0 Å². The molecule has 0 radical (unpaired) electrons. The number of hydrogen-bond acceptors (Lipinski definition) is 4. The van der Waals surface area contributed by atoms with Gasteiger partial charge in [-0.1, -0.05) is 48.2 Å². The summed E-state index contributed by atoms with van der Waals surface area (Å²) in [6.07, 6.45) is -0.636. The third-order valence-electron chi connectivity index (χ3n) is 3.57. The third-order valence-corrected chi connectivity index (χ3v) is 4.89. The predicted molar refractivity (Wildman–Crippen MR) is 98.4 cm³/mol. The molecule has 25 heavy (non-hydrogen) atoms. The second-order valence-electron chi connectivity index (χ2n) is 6.72. The zero-order valence-electron chi connectivity index (χ0n) is 14.3. The molecule has 1 aliphatic heterocycles. The number of amides is 2. The fourth-order valence-corrected chi connectivity index (χ4v) is 3.81. The molecule has 1 aliphatic rings. The van der Waals surface area contributed by atoms with Crippen molar-refractivity contribution in [2.75, 3.05) is 5.32 Å². The van der Waals surface area contributed by atoms with E-state index >= 15 is 0 Å². The Bertz CT molecular complexity index is 802. The summed E-state index contributed by atoms with van der Waals surface area (Å²) < 4.78 is 5.38. The summed E-state index contributed by atoms with van der Waals surface area (Å²) in [7, 11) is 0. The van der Waals surface area contributed by atoms with Gasteiger partial charge in [-0.2, -0.15) is 0 Å². The standard InChI is InChI=1S/C19H20N2O3S/c1-18(2,3)24-17(23)21-19(25-13-9-5-4-6-10-13)14-11-7-8-12-15(14)20-16(19)22/h4-12H,1-3H3,(H,20,22)(H,21,23). The third kappa shape index (κ3) is 3.64. The Morgan fingerprint density at radius 1 is 1.08 bits per heavy atom. The van der Waals surface area contributed by atoms with Crippen LogP contribution in [0.1, 0.15) is 26.3 Å². The number of rotatable bonds is 3. The van der Waals surface area contributed by atoms with Crippen molar-refractivity contribution in [1.29, 1.82) is 0 Å². The number of benzene rings is 2. The zero-order chi connectivity index (χ0) is 18.1. The van der Waals surface area contributed by atoms with Crippen molar-refractivity contribution in [3.63, 3.8) is 0 Å². The van der Waals surface area contributed by atoms with Gasteiger partial charge in [-0.15, -0.1) is 0 Å². The number of carbonyl (C=O) groups excluding carboxylic acids is 2. The number of hydrogen-bond donors (Lipinski definition) is 2. The van der Waals surface area contributed by atoms with E-state index in [2.05, 4.69) is 10.6 Å². The highest BCUT2D eigenvalue weighted by molar-refractivity contribution is 8.01. The molecule has 0 saturated carbocycles. The number of para-hydroxylation sites is 1. The first-order valence-electron chi connectivity index (χ1n) is 7.96. The van der Waals surface area contributed by atoms with Gasteiger partial charge in [-0.3, -0.25) is 10.1 Å². The zero-order valence-corrected chi connectivity index (χ0v) is 15.1. The molecule has 1 atom stereocenters. The number of ether oxygens (including phenoxy) is 1. The van der Waals surface area contributed by atoms with Gasteiger partial charge in [0.1, 0.15) is 5.60 Å². The monoisotopic (exact) mass is 356 g/mol. The fourth-order valence-electron chi connectivity index (χ4n) is 2.60. The molecule has 1 heterocycles. The molecule has 1 unspecified atom stereocenters. The maximum Gasteiger partial charge on any atom is 0.409 e. The highest BCUT2D eigenvalue weighted by atomic mass is 32.2. The maximum atomic E-state index is 12.9. The van der Waals surface area contributed by atoms with Crippen LogP contribution in [0, 0.1) is 0 Å². The Labute approximate surface area is 151 Å². The smallest absolute Gasteiger partial charge is 0.409 e. The Balaban J connectivity index is 2.00. The number of nitrogens with one attached hydrogen (secondary N) is 2. The van der Waals surface area contributed by atoms with Gasteiger partial charge < -0.3 is 10.1 Å². The van der Waals surface area contributed by atoms with Crippen molar-refractivity contribution in [1.82, 2.24) is 5.32 Å². The van der Waals surface area contributed by atoms with Gasteiger partial charge in [0, 0.05) is 16.1 Å². The molecule has 2 aromatic carbocycles. The Kier molecular flexibility index (Phi) is 4.47. The summed E-state index contributed by atoms with van der Waals surface area (Å²) in [4.78, 5) is 24.9. The summed E-state index contributed by atoms with van der Waals surface area (Å²) in [6.45, 7) is 5.35. The van der Waals surface area contributed by atoms with Gasteiger partial charge in [0.05, 0.1) is 0 Å². The van der Waals surface area contributed by atoms with E-state index < -0.39 is 16.6 Å². The van der Waals surface area contributed by atoms with Gasteiger partial charge in [0.15, 0.2) is 0 Å². The highest BCUT2D eigenvalue weighted by Gasteiger charge is 2.50. The average Bonchev–Trinajstić information content (AvgIpc) is 2.79. The van der Waals surface area contributed by atoms with Gasteiger partial charge in [0.2, 0.25) is 4.87 Å². The van der Waals surface area contributed by atoms with Crippen LogP contribution in [0.3, 0.4) is 0 Å². The van der Waals surface area contributed by atoms with E-state index in [9.17, 15) is 9.59 Å². The van der Waals surface area contributed by atoms with Gasteiger partial charge in [0.25, 0.3) is 5.91 Å². The molecular weight excluding hydrogens is 336 g/mol. The lowest BCUT2D eigenvalue weighted by Crippen LogP contribution is -2.49. The summed E-state index contributed by atoms with van der Waals surface area (Å²) in [5.74, 6) is -0.298. The molecule has 6 heteroatoms. The molecule has 2 aromatic rings. The van der Waals surface area contributed by atoms with Crippen LogP contribution >= 0.6 is 11.8 Å². The number of alkyl carbamates (subject to hydrolysis) is 1. The van der Waals surface area contributed by atoms with Crippen LogP contribution in [-0.2, 0) is 14.4 Å². The minimum Gasteiger partial charge on any atom is -0.444 e. The van der Waals surface area contributed by atoms with Crippen molar-refractivity contribution in [2.24, 2.45) is 0 Å². The molecule has 0 aromatic heterocycles. The summed E-state index contributed by atoms with van der Waals surface area (Å²) in [5, 5.41) is 5.64. The maximum absolute atomic E-state index is 12.9. The first-order valence-corrected chi connectivity index (χ1v) is 8.78. The number of carbonyl (C=O) groups is 2. The van der Waals surface area contributed by atoms with Crippen molar-refractivity contribution >= 4 is 29.4 Å². The average molecular weight is 356 g/mol. The topological polar surface area (TPSA) is 67.4 Å². The van der Waals surface area contributed by atoms with Crippen molar-refractivity contribution in [3.8, 4) is 0 Å². The molecule has 2 N–H and O–H groups in total. The molecule has 0 aliphatic carbocycles. The van der Waals surface area contributed by atoms with Crippen LogP contribution in [0.4, 0.5) is 10.5 Å². The quantitative estimate of drug-likeness (QED) is 0.812. The molecule has 0 fully saturated rings. The van der Waals surface area contributed by atoms with Crippen molar-refractivity contribution < 1.29 is 14.3 Å². The van der Waals surface area contributed by atoms with Crippen molar-refractivity contribution in [2.45, 2.75) is 36.1 Å². The van der Waals surface area contributed by atoms with Gasteiger partial charge in [-0.05, 0) is 39.0 Å². The second-order valence-corrected chi connectivity index (χ2v) is 8.01. The van der Waals surface area contributed by atoms with Crippen LogP contribution < -0.4 is 10.6 Å². The normalized spacial score (nSPS) is 19.1. The summed E-state index contributed by atoms with van der Waals surface area (Å²) in [5.41, 5.74) is 0.740. The van der Waals surface area contributed by atoms with E-state index in [1.165, 1.54) is 11.8 Å². The minimum atomic E-state index is -1.28. The van der Waals surface area contributed by atoms with Crippen LogP contribution in [-0.4, -0.2) is 17.6 Å². The molecule has 5 nitrogen and oxygen atoms in total. The van der Waals surface area contributed by atoms with E-state index in [1.54, 1.807) is 20.8 Å². The Morgan fingerprint density at radius 2 is 1.72 bits per heavy atom. The highest BCUT2D eigenvalue weighted by Crippen LogP contribution is 2.47. The van der Waals surface area contributed by atoms with E-state index in [-0.39, 0.29) is 5.91 Å². The molecule has 3 rings (SSSR count). The first kappa shape index (κ1) is 17.4. The Morgan fingerprint density at radius 3 is 2.40 bits per heavy atom. The number of fused-ring (bicyclic) bond motifs is 1. The predicted octanol–water partition coefficient (Wildman–Crippen LogP) is 4.11. The molecule has 0 saturated heterocycles. The van der Waals surface area contributed by atoms with E-state index in [0.29, 0.717) is 11.3 Å². The lowest BCUT2D eigenvalue weighted by molar-refractivity contribution is -0.118. The lowest BCUT2D eigenvalue weighted by Gasteiger charge is -2.29. The SMILES string of the molecule is CC(C)(C)OC(=O)NC1(Sc2ccccc2)C(=O)Nc2ccccc21. The van der Waals surface area contributed by atoms with E-state index in [4.69, 9.17) is 4.74 Å². The van der Waals surface area contributed by atoms with Crippen LogP contribution in [0.2, 0.25) is 0 Å². The van der Waals surface area contributed by atoms with Crippen LogP contribution in [0.15, 0.2) is 59.5 Å². The molecule has 0 spiro atoms. The van der Waals surface area contributed by atoms with Gasteiger partial charge in [-0.25, -0.2) is 4.79 Å². The molecular formula is C19H20N2O3S. The van der Waals surface area contributed by atoms with E-state index in [0.717, 1.165) is 4.90 Å². The summed E-state index contributed by atoms with van der Waals surface area (Å²) >= 11 is 1.28. The molecule has 2 amide bonds. The molecule has 0 bridgehead atoms. The van der Waals surface area contributed by atoms with Crippen molar-refractivity contribution in [3.05, 3.63) is 60.2 Å². The molecule has 130 valence electrons. The minimum absolute atomic E-state index is 0.298. The fraction of sp³-hybridized carbons (Fsp3) is 0.263. The summed E-state index contributed by atoms with van der Waals surface area (Å²) in [6, 6.07) is 16.8. The lowest BCUT2D eigenvalue weighted by atomic mass is 10.1. The largest absolute Gasteiger partial charge is 0.444 e. The van der Waals surface area contributed by atoms with Gasteiger partial charge >= 0.3 is 6.09 Å². The second kappa shape index (κ2) is 6.44. The Hall–Kier alpha value is -2.47. The van der Waals surface area contributed by atoms with E-state index in [1.807, 2.05) is 54.6 Å². The van der Waals surface area contributed by atoms with Crippen LogP contribution in [0.5, 0.6) is 0 Å².